The largest absolute Gasteiger partial charge is 0.342 e. The highest BCUT2D eigenvalue weighted by molar-refractivity contribution is 6.08. The third-order valence-electron chi connectivity index (χ3n) is 4.30. The summed E-state index contributed by atoms with van der Waals surface area (Å²) in [5, 5.41) is 2.61. The highest BCUT2D eigenvalue weighted by atomic mass is 15.0. The number of aryl methyl sites for hydroxylation is 2. The zero-order valence-electron chi connectivity index (χ0n) is 12.9. The number of fused-ring (bicyclic) bond motifs is 3. The molecule has 2 aromatic carbocycles. The predicted molar refractivity (Wildman–Crippen MR) is 92.2 cm³/mol. The second-order valence-electron chi connectivity index (χ2n) is 5.85. The van der Waals surface area contributed by atoms with Crippen molar-refractivity contribution >= 4 is 21.8 Å². The molecule has 0 saturated heterocycles. The van der Waals surface area contributed by atoms with Gasteiger partial charge in [-0.2, -0.15) is 0 Å². The lowest BCUT2D eigenvalue weighted by Crippen LogP contribution is -1.99. The maximum absolute atomic E-state index is 4.83. The number of hydrogen-bond acceptors (Lipinski definition) is 1. The SMILES string of the molecule is Cc1cc2c3ccccc3n(C)c2c(Cc2ccccc2)n1. The van der Waals surface area contributed by atoms with E-state index in [0.29, 0.717) is 0 Å². The van der Waals surface area contributed by atoms with E-state index < -0.39 is 0 Å². The lowest BCUT2D eigenvalue weighted by Gasteiger charge is -2.07. The Morgan fingerprint density at radius 3 is 2.45 bits per heavy atom. The van der Waals surface area contributed by atoms with Crippen LogP contribution in [0.5, 0.6) is 0 Å². The van der Waals surface area contributed by atoms with E-state index in [4.69, 9.17) is 4.98 Å². The molecule has 2 nitrogen and oxygen atoms in total. The smallest absolute Gasteiger partial charge is 0.0711 e. The minimum Gasteiger partial charge on any atom is -0.342 e. The third kappa shape index (κ3) is 2.00. The first-order chi connectivity index (χ1) is 10.7. The van der Waals surface area contributed by atoms with E-state index >= 15 is 0 Å². The van der Waals surface area contributed by atoms with Gasteiger partial charge in [0.1, 0.15) is 0 Å². The molecular weight excluding hydrogens is 268 g/mol. The van der Waals surface area contributed by atoms with Crippen LogP contribution < -0.4 is 0 Å². The highest BCUT2D eigenvalue weighted by Gasteiger charge is 2.13. The van der Waals surface area contributed by atoms with E-state index in [1.165, 1.54) is 27.4 Å². The van der Waals surface area contributed by atoms with Gasteiger partial charge in [0.15, 0.2) is 0 Å². The number of benzene rings is 2. The van der Waals surface area contributed by atoms with Gasteiger partial charge in [0.05, 0.1) is 11.2 Å². The Hall–Kier alpha value is -2.61. The molecule has 0 aliphatic rings. The Bertz CT molecular complexity index is 965. The Kier molecular flexibility index (Phi) is 2.97. The van der Waals surface area contributed by atoms with Crippen LogP contribution in [0.15, 0.2) is 60.7 Å². The van der Waals surface area contributed by atoms with Crippen molar-refractivity contribution in [2.45, 2.75) is 13.3 Å². The summed E-state index contributed by atoms with van der Waals surface area (Å²) in [7, 11) is 2.14. The van der Waals surface area contributed by atoms with Gasteiger partial charge >= 0.3 is 0 Å². The van der Waals surface area contributed by atoms with Gasteiger partial charge in [0.2, 0.25) is 0 Å². The summed E-state index contributed by atoms with van der Waals surface area (Å²) in [6.07, 6.45) is 0.864. The first-order valence-corrected chi connectivity index (χ1v) is 7.61. The average molecular weight is 286 g/mol. The molecule has 0 radical (unpaired) electrons. The lowest BCUT2D eigenvalue weighted by molar-refractivity contribution is 0.970. The van der Waals surface area contributed by atoms with Crippen molar-refractivity contribution in [2.24, 2.45) is 7.05 Å². The molecule has 2 aromatic heterocycles. The van der Waals surface area contributed by atoms with Crippen LogP contribution in [0.2, 0.25) is 0 Å². The summed E-state index contributed by atoms with van der Waals surface area (Å²) in [5.41, 5.74) is 6.04. The van der Waals surface area contributed by atoms with Gasteiger partial charge in [-0.15, -0.1) is 0 Å². The quantitative estimate of drug-likeness (QED) is 0.525. The molecule has 0 aliphatic heterocycles. The van der Waals surface area contributed by atoms with Crippen LogP contribution >= 0.6 is 0 Å². The Morgan fingerprint density at radius 2 is 1.64 bits per heavy atom. The van der Waals surface area contributed by atoms with E-state index in [2.05, 4.69) is 79.2 Å². The molecule has 0 amide bonds. The van der Waals surface area contributed by atoms with Crippen LogP contribution in [0.1, 0.15) is 17.0 Å². The molecule has 22 heavy (non-hydrogen) atoms. The van der Waals surface area contributed by atoms with Crippen molar-refractivity contribution in [1.82, 2.24) is 9.55 Å². The fourth-order valence-corrected chi connectivity index (χ4v) is 3.34. The van der Waals surface area contributed by atoms with E-state index in [9.17, 15) is 0 Å². The molecule has 4 aromatic rings. The number of hydrogen-bond donors (Lipinski definition) is 0. The van der Waals surface area contributed by atoms with Crippen molar-refractivity contribution in [2.75, 3.05) is 0 Å². The van der Waals surface area contributed by atoms with Crippen LogP contribution in [0.25, 0.3) is 21.8 Å². The van der Waals surface area contributed by atoms with Gasteiger partial charge in [-0.1, -0.05) is 48.5 Å². The standard InChI is InChI=1S/C20H18N2/c1-14-12-17-16-10-6-7-11-19(16)22(2)20(17)18(21-14)13-15-8-4-3-5-9-15/h3-12H,13H2,1-2H3. The molecule has 2 heteroatoms. The van der Waals surface area contributed by atoms with Gasteiger partial charge in [-0.25, -0.2) is 0 Å². The molecule has 0 aliphatic carbocycles. The minimum absolute atomic E-state index is 0.864. The summed E-state index contributed by atoms with van der Waals surface area (Å²) in [6.45, 7) is 2.08. The molecule has 0 N–H and O–H groups in total. The monoisotopic (exact) mass is 286 g/mol. The molecule has 0 bridgehead atoms. The predicted octanol–water partition coefficient (Wildman–Crippen LogP) is 4.63. The fourth-order valence-electron chi connectivity index (χ4n) is 3.34. The van der Waals surface area contributed by atoms with Crippen molar-refractivity contribution in [3.63, 3.8) is 0 Å². The highest BCUT2D eigenvalue weighted by Crippen LogP contribution is 2.31. The van der Waals surface area contributed by atoms with E-state index in [1.807, 2.05) is 0 Å². The molecule has 2 heterocycles. The maximum atomic E-state index is 4.83. The van der Waals surface area contributed by atoms with Crippen LogP contribution in [-0.2, 0) is 13.5 Å². The molecule has 0 unspecified atom stereocenters. The topological polar surface area (TPSA) is 17.8 Å². The number of para-hydroxylation sites is 1. The van der Waals surface area contributed by atoms with Crippen molar-refractivity contribution in [1.29, 1.82) is 0 Å². The number of nitrogens with zero attached hydrogens (tertiary/aromatic N) is 2. The van der Waals surface area contributed by atoms with Crippen LogP contribution in [-0.4, -0.2) is 9.55 Å². The Balaban J connectivity index is 2.02. The van der Waals surface area contributed by atoms with Crippen molar-refractivity contribution in [3.05, 3.63) is 77.6 Å². The van der Waals surface area contributed by atoms with Gasteiger partial charge in [0, 0.05) is 35.5 Å². The zero-order chi connectivity index (χ0) is 15.1. The van der Waals surface area contributed by atoms with E-state index in [1.54, 1.807) is 0 Å². The zero-order valence-corrected chi connectivity index (χ0v) is 12.9. The van der Waals surface area contributed by atoms with Crippen LogP contribution in [0.3, 0.4) is 0 Å². The summed E-state index contributed by atoms with van der Waals surface area (Å²) >= 11 is 0. The van der Waals surface area contributed by atoms with Gasteiger partial charge < -0.3 is 4.57 Å². The fraction of sp³-hybridized carbons (Fsp3) is 0.150. The molecule has 0 saturated carbocycles. The van der Waals surface area contributed by atoms with Crippen LogP contribution in [0.4, 0.5) is 0 Å². The molecular formula is C20H18N2. The first kappa shape index (κ1) is 13.1. The summed E-state index contributed by atoms with van der Waals surface area (Å²) < 4.78 is 2.27. The lowest BCUT2D eigenvalue weighted by atomic mass is 10.1. The summed E-state index contributed by atoms with van der Waals surface area (Å²) in [5.74, 6) is 0. The summed E-state index contributed by atoms with van der Waals surface area (Å²) in [4.78, 5) is 4.83. The average Bonchev–Trinajstić information content (AvgIpc) is 2.82. The minimum atomic E-state index is 0.864. The number of aromatic nitrogens is 2. The number of rotatable bonds is 2. The molecule has 108 valence electrons. The van der Waals surface area contributed by atoms with Crippen LogP contribution in [0, 0.1) is 6.92 Å². The van der Waals surface area contributed by atoms with Gasteiger partial charge in [0.25, 0.3) is 0 Å². The maximum Gasteiger partial charge on any atom is 0.0711 e. The van der Waals surface area contributed by atoms with E-state index in [0.717, 1.165) is 17.8 Å². The Labute approximate surface area is 130 Å². The second kappa shape index (κ2) is 4.99. The van der Waals surface area contributed by atoms with E-state index in [-0.39, 0.29) is 0 Å². The third-order valence-corrected chi connectivity index (χ3v) is 4.30. The molecule has 0 fully saturated rings. The molecule has 0 spiro atoms. The molecule has 0 atom stereocenters. The molecule has 4 rings (SSSR count). The van der Waals surface area contributed by atoms with Gasteiger partial charge in [-0.05, 0) is 24.6 Å². The number of pyridine rings is 1. The Morgan fingerprint density at radius 1 is 0.909 bits per heavy atom. The van der Waals surface area contributed by atoms with Crippen molar-refractivity contribution in [3.8, 4) is 0 Å². The van der Waals surface area contributed by atoms with Crippen molar-refractivity contribution < 1.29 is 0 Å². The van der Waals surface area contributed by atoms with Gasteiger partial charge in [-0.3, -0.25) is 4.98 Å². The first-order valence-electron chi connectivity index (χ1n) is 7.61. The second-order valence-corrected chi connectivity index (χ2v) is 5.85. The normalized spacial score (nSPS) is 11.4. The summed E-state index contributed by atoms with van der Waals surface area (Å²) in [6, 6.07) is 21.3.